The molecule has 0 aromatic carbocycles. The lowest BCUT2D eigenvalue weighted by molar-refractivity contribution is 0.0600. The van der Waals surface area contributed by atoms with Gasteiger partial charge in [0.15, 0.2) is 0 Å². The molecule has 23 heavy (non-hydrogen) atoms. The fraction of sp³-hybridized carbons (Fsp3) is 0.312. The molecule has 0 spiro atoms. The fourth-order valence-electron chi connectivity index (χ4n) is 2.45. The Morgan fingerprint density at radius 3 is 2.91 bits per heavy atom. The first kappa shape index (κ1) is 15.2. The molecular formula is C16H19N5O2. The molecule has 7 nitrogen and oxygen atoms in total. The number of ether oxygens (including phenoxy) is 1. The summed E-state index contributed by atoms with van der Waals surface area (Å²) in [4.78, 5) is 16.0. The average Bonchev–Trinajstić information content (AvgIpc) is 3.16. The van der Waals surface area contributed by atoms with Crippen molar-refractivity contribution in [3.05, 3.63) is 53.7 Å². The third-order valence-electron chi connectivity index (χ3n) is 3.66. The number of imidazole rings is 1. The molecule has 120 valence electrons. The molecular weight excluding hydrogens is 294 g/mol. The first-order chi connectivity index (χ1) is 11.2. The second-order valence-corrected chi connectivity index (χ2v) is 5.34. The second-order valence-electron chi connectivity index (χ2n) is 5.34. The van der Waals surface area contributed by atoms with Gasteiger partial charge in [-0.15, -0.1) is 0 Å². The summed E-state index contributed by atoms with van der Waals surface area (Å²) in [6.45, 7) is 1.52. The van der Waals surface area contributed by atoms with E-state index in [1.165, 1.54) is 12.7 Å². The summed E-state index contributed by atoms with van der Waals surface area (Å²) >= 11 is 0. The van der Waals surface area contributed by atoms with Crippen molar-refractivity contribution in [2.24, 2.45) is 7.05 Å². The Hall–Kier alpha value is -2.67. The maximum absolute atomic E-state index is 11.6. The standard InChI is InChI=1S/C16H19N5O2/c1-20-10-12(7-19-20)5-6-17-8-14-9-18-15-4-3-13(11-21(14)15)16(22)23-2/h3-4,7,9-11,17H,5-6,8H2,1-2H3. The summed E-state index contributed by atoms with van der Waals surface area (Å²) in [7, 11) is 3.29. The third kappa shape index (κ3) is 3.40. The van der Waals surface area contributed by atoms with Crippen LogP contribution in [0.4, 0.5) is 0 Å². The molecule has 0 aliphatic carbocycles. The van der Waals surface area contributed by atoms with Crippen molar-refractivity contribution in [3.8, 4) is 0 Å². The Morgan fingerprint density at radius 2 is 2.17 bits per heavy atom. The molecule has 0 fully saturated rings. The van der Waals surface area contributed by atoms with E-state index >= 15 is 0 Å². The number of hydrogen-bond donors (Lipinski definition) is 1. The second kappa shape index (κ2) is 6.62. The minimum Gasteiger partial charge on any atom is -0.465 e. The van der Waals surface area contributed by atoms with Gasteiger partial charge in [-0.05, 0) is 30.7 Å². The van der Waals surface area contributed by atoms with Crippen LogP contribution in [-0.4, -0.2) is 38.8 Å². The zero-order chi connectivity index (χ0) is 16.2. The lowest BCUT2D eigenvalue weighted by Crippen LogP contribution is -2.17. The minimum atomic E-state index is -0.351. The monoisotopic (exact) mass is 313 g/mol. The summed E-state index contributed by atoms with van der Waals surface area (Å²) in [6, 6.07) is 3.53. The number of carbonyl (C=O) groups excluding carboxylic acids is 1. The Bertz CT molecular complexity index is 821. The number of fused-ring (bicyclic) bond motifs is 1. The van der Waals surface area contributed by atoms with Gasteiger partial charge in [-0.25, -0.2) is 9.78 Å². The Kier molecular flexibility index (Phi) is 4.38. The number of aryl methyl sites for hydroxylation is 1. The lowest BCUT2D eigenvalue weighted by Gasteiger charge is -2.05. The molecule has 3 heterocycles. The zero-order valence-electron chi connectivity index (χ0n) is 13.2. The van der Waals surface area contributed by atoms with Gasteiger partial charge in [0.25, 0.3) is 0 Å². The first-order valence-electron chi connectivity index (χ1n) is 7.40. The van der Waals surface area contributed by atoms with Gasteiger partial charge in [-0.3, -0.25) is 4.68 Å². The van der Waals surface area contributed by atoms with Gasteiger partial charge in [-0.1, -0.05) is 0 Å². The number of esters is 1. The number of methoxy groups -OCH3 is 1. The van der Waals surface area contributed by atoms with Crippen LogP contribution in [0.3, 0.4) is 0 Å². The van der Waals surface area contributed by atoms with E-state index in [2.05, 4.69) is 15.4 Å². The van der Waals surface area contributed by atoms with Gasteiger partial charge >= 0.3 is 5.97 Å². The van der Waals surface area contributed by atoms with E-state index in [1.54, 1.807) is 16.9 Å². The molecule has 7 heteroatoms. The molecule has 0 radical (unpaired) electrons. The maximum Gasteiger partial charge on any atom is 0.339 e. The van der Waals surface area contributed by atoms with E-state index in [0.29, 0.717) is 12.1 Å². The van der Waals surface area contributed by atoms with E-state index in [1.807, 2.05) is 36.1 Å². The number of nitrogens with one attached hydrogen (secondary N) is 1. The molecule has 0 saturated carbocycles. The molecule has 0 saturated heterocycles. The van der Waals surface area contributed by atoms with Gasteiger partial charge in [0.2, 0.25) is 0 Å². The minimum absolute atomic E-state index is 0.351. The van der Waals surface area contributed by atoms with Crippen molar-refractivity contribution in [1.82, 2.24) is 24.5 Å². The van der Waals surface area contributed by atoms with Crippen LogP contribution in [0.1, 0.15) is 21.6 Å². The fourth-order valence-corrected chi connectivity index (χ4v) is 2.45. The summed E-state index contributed by atoms with van der Waals surface area (Å²) in [6.07, 6.45) is 8.37. The van der Waals surface area contributed by atoms with Crippen molar-refractivity contribution in [2.45, 2.75) is 13.0 Å². The van der Waals surface area contributed by atoms with Crippen LogP contribution in [0.25, 0.3) is 5.65 Å². The van der Waals surface area contributed by atoms with Crippen molar-refractivity contribution in [1.29, 1.82) is 0 Å². The Balaban J connectivity index is 1.64. The van der Waals surface area contributed by atoms with Crippen LogP contribution in [0, 0.1) is 0 Å². The number of nitrogens with zero attached hydrogens (tertiary/aromatic N) is 4. The van der Waals surface area contributed by atoms with Gasteiger partial charge < -0.3 is 14.5 Å². The highest BCUT2D eigenvalue weighted by Gasteiger charge is 2.09. The SMILES string of the molecule is COC(=O)c1ccc2ncc(CNCCc3cnn(C)c3)n2c1. The maximum atomic E-state index is 11.6. The van der Waals surface area contributed by atoms with Crippen LogP contribution in [0.15, 0.2) is 36.9 Å². The number of rotatable bonds is 6. The van der Waals surface area contributed by atoms with Crippen LogP contribution >= 0.6 is 0 Å². The summed E-state index contributed by atoms with van der Waals surface area (Å²) in [5.41, 5.74) is 3.51. The van der Waals surface area contributed by atoms with E-state index in [4.69, 9.17) is 4.74 Å². The smallest absolute Gasteiger partial charge is 0.339 e. The number of carbonyl (C=O) groups is 1. The van der Waals surface area contributed by atoms with Crippen molar-refractivity contribution in [3.63, 3.8) is 0 Å². The lowest BCUT2D eigenvalue weighted by atomic mass is 10.2. The van der Waals surface area contributed by atoms with Gasteiger partial charge in [0.05, 0.1) is 30.8 Å². The summed E-state index contributed by atoms with van der Waals surface area (Å²) in [5.74, 6) is -0.351. The molecule has 0 aliphatic heterocycles. The normalized spacial score (nSPS) is 11.0. The molecule has 3 aromatic rings. The summed E-state index contributed by atoms with van der Waals surface area (Å²) in [5, 5.41) is 7.54. The number of pyridine rings is 1. The first-order valence-corrected chi connectivity index (χ1v) is 7.40. The molecule has 0 unspecified atom stereocenters. The highest BCUT2D eigenvalue weighted by molar-refractivity contribution is 5.89. The molecule has 0 bridgehead atoms. The zero-order valence-corrected chi connectivity index (χ0v) is 13.2. The average molecular weight is 313 g/mol. The molecule has 0 amide bonds. The van der Waals surface area contributed by atoms with Gasteiger partial charge in [-0.2, -0.15) is 5.10 Å². The highest BCUT2D eigenvalue weighted by atomic mass is 16.5. The van der Waals surface area contributed by atoms with Gasteiger partial charge in [0, 0.05) is 26.0 Å². The van der Waals surface area contributed by atoms with E-state index < -0.39 is 0 Å². The number of hydrogen-bond acceptors (Lipinski definition) is 5. The quantitative estimate of drug-likeness (QED) is 0.546. The third-order valence-corrected chi connectivity index (χ3v) is 3.66. The van der Waals surface area contributed by atoms with E-state index in [-0.39, 0.29) is 5.97 Å². The van der Waals surface area contributed by atoms with Crippen LogP contribution in [0.5, 0.6) is 0 Å². The van der Waals surface area contributed by atoms with Crippen molar-refractivity contribution >= 4 is 11.6 Å². The molecule has 0 atom stereocenters. The topological polar surface area (TPSA) is 73.4 Å². The predicted molar refractivity (Wildman–Crippen MR) is 85.2 cm³/mol. The molecule has 1 N–H and O–H groups in total. The predicted octanol–water partition coefficient (Wildman–Crippen LogP) is 1.19. The van der Waals surface area contributed by atoms with Crippen LogP contribution in [-0.2, 0) is 24.8 Å². The van der Waals surface area contributed by atoms with Gasteiger partial charge in [0.1, 0.15) is 5.65 Å². The largest absolute Gasteiger partial charge is 0.465 e. The van der Waals surface area contributed by atoms with Crippen molar-refractivity contribution < 1.29 is 9.53 Å². The van der Waals surface area contributed by atoms with Crippen LogP contribution in [0.2, 0.25) is 0 Å². The Morgan fingerprint density at radius 1 is 1.30 bits per heavy atom. The molecule has 3 rings (SSSR count). The summed E-state index contributed by atoms with van der Waals surface area (Å²) < 4.78 is 8.46. The molecule has 0 aliphatic rings. The molecule has 3 aromatic heterocycles. The highest BCUT2D eigenvalue weighted by Crippen LogP contribution is 2.10. The van der Waals surface area contributed by atoms with E-state index in [0.717, 1.165) is 24.3 Å². The van der Waals surface area contributed by atoms with E-state index in [9.17, 15) is 4.79 Å². The number of aromatic nitrogens is 4. The van der Waals surface area contributed by atoms with Crippen molar-refractivity contribution in [2.75, 3.05) is 13.7 Å². The Labute approximate surface area is 133 Å². The van der Waals surface area contributed by atoms with Crippen LogP contribution < -0.4 is 5.32 Å².